The molecular weight excluding hydrogens is 216 g/mol. The molecule has 0 bridgehead atoms. The Bertz CT molecular complexity index is 318. The SMILES string of the molecule is O=S(=O)(NC1CC1)NC1(CO)CCCC1. The van der Waals surface area contributed by atoms with E-state index < -0.39 is 15.7 Å². The summed E-state index contributed by atoms with van der Waals surface area (Å²) in [6.45, 7) is -0.113. The monoisotopic (exact) mass is 234 g/mol. The summed E-state index contributed by atoms with van der Waals surface area (Å²) in [5.74, 6) is 0. The van der Waals surface area contributed by atoms with Crippen molar-refractivity contribution in [3.63, 3.8) is 0 Å². The molecule has 0 aromatic rings. The number of hydrogen-bond donors (Lipinski definition) is 3. The van der Waals surface area contributed by atoms with Crippen LogP contribution in [0.1, 0.15) is 38.5 Å². The summed E-state index contributed by atoms with van der Waals surface area (Å²) in [5, 5.41) is 9.27. The average Bonchev–Trinajstić information content (AvgIpc) is 2.82. The van der Waals surface area contributed by atoms with Crippen LogP contribution in [0, 0.1) is 0 Å². The van der Waals surface area contributed by atoms with E-state index in [1.165, 1.54) is 0 Å². The van der Waals surface area contributed by atoms with Crippen molar-refractivity contribution >= 4 is 10.2 Å². The van der Waals surface area contributed by atoms with Crippen molar-refractivity contribution in [2.45, 2.75) is 50.1 Å². The summed E-state index contributed by atoms with van der Waals surface area (Å²) >= 11 is 0. The van der Waals surface area contributed by atoms with E-state index in [1.807, 2.05) is 0 Å². The lowest BCUT2D eigenvalue weighted by Crippen LogP contribution is -2.53. The van der Waals surface area contributed by atoms with E-state index >= 15 is 0 Å². The van der Waals surface area contributed by atoms with Gasteiger partial charge in [-0.15, -0.1) is 0 Å². The Morgan fingerprint density at radius 3 is 2.33 bits per heavy atom. The van der Waals surface area contributed by atoms with Crippen molar-refractivity contribution in [3.05, 3.63) is 0 Å². The summed E-state index contributed by atoms with van der Waals surface area (Å²) in [6, 6.07) is 0.111. The van der Waals surface area contributed by atoms with Gasteiger partial charge >= 0.3 is 0 Å². The van der Waals surface area contributed by atoms with Crippen LogP contribution in [0.15, 0.2) is 0 Å². The Balaban J connectivity index is 1.98. The van der Waals surface area contributed by atoms with Gasteiger partial charge in [0.25, 0.3) is 10.2 Å². The Morgan fingerprint density at radius 1 is 1.27 bits per heavy atom. The summed E-state index contributed by atoms with van der Waals surface area (Å²) in [5.41, 5.74) is -0.610. The molecule has 6 heteroatoms. The van der Waals surface area contributed by atoms with E-state index in [1.54, 1.807) is 0 Å². The highest BCUT2D eigenvalue weighted by Crippen LogP contribution is 2.30. The quantitative estimate of drug-likeness (QED) is 0.620. The van der Waals surface area contributed by atoms with E-state index in [4.69, 9.17) is 0 Å². The molecule has 0 heterocycles. The van der Waals surface area contributed by atoms with Gasteiger partial charge in [0.05, 0.1) is 12.1 Å². The molecule has 15 heavy (non-hydrogen) atoms. The molecular formula is C9H18N2O3S. The molecule has 2 aliphatic carbocycles. The normalized spacial score (nSPS) is 25.7. The second kappa shape index (κ2) is 4.01. The lowest BCUT2D eigenvalue weighted by Gasteiger charge is -2.27. The fraction of sp³-hybridized carbons (Fsp3) is 1.00. The van der Waals surface area contributed by atoms with Crippen molar-refractivity contribution in [1.82, 2.24) is 9.44 Å². The van der Waals surface area contributed by atoms with Gasteiger partial charge < -0.3 is 5.11 Å². The minimum absolute atomic E-state index is 0.111. The maximum absolute atomic E-state index is 11.7. The van der Waals surface area contributed by atoms with Crippen LogP contribution in [0.3, 0.4) is 0 Å². The molecule has 0 spiro atoms. The van der Waals surface area contributed by atoms with Crippen LogP contribution in [0.25, 0.3) is 0 Å². The van der Waals surface area contributed by atoms with Gasteiger partial charge in [-0.25, -0.2) is 0 Å². The molecule has 2 rings (SSSR count). The molecule has 0 aliphatic heterocycles. The van der Waals surface area contributed by atoms with Crippen molar-refractivity contribution < 1.29 is 13.5 Å². The number of hydrogen-bond acceptors (Lipinski definition) is 3. The first kappa shape index (κ1) is 11.3. The average molecular weight is 234 g/mol. The molecule has 0 aromatic heterocycles. The maximum atomic E-state index is 11.7. The largest absolute Gasteiger partial charge is 0.394 e. The molecule has 3 N–H and O–H groups in total. The Morgan fingerprint density at radius 2 is 1.87 bits per heavy atom. The predicted octanol–water partition coefficient (Wildman–Crippen LogP) is -0.122. The Labute approximate surface area is 90.4 Å². The van der Waals surface area contributed by atoms with Crippen LogP contribution in [0.2, 0.25) is 0 Å². The van der Waals surface area contributed by atoms with Gasteiger partial charge in [0, 0.05) is 6.04 Å². The van der Waals surface area contributed by atoms with Crippen LogP contribution < -0.4 is 9.44 Å². The first-order chi connectivity index (χ1) is 7.05. The van der Waals surface area contributed by atoms with E-state index in [2.05, 4.69) is 9.44 Å². The van der Waals surface area contributed by atoms with Crippen LogP contribution in [-0.2, 0) is 10.2 Å². The zero-order chi connectivity index (χ0) is 10.9. The molecule has 2 aliphatic rings. The van der Waals surface area contributed by atoms with Crippen LogP contribution in [-0.4, -0.2) is 31.7 Å². The van der Waals surface area contributed by atoms with Gasteiger partial charge in [-0.3, -0.25) is 0 Å². The minimum atomic E-state index is -3.43. The zero-order valence-corrected chi connectivity index (χ0v) is 9.52. The summed E-state index contributed by atoms with van der Waals surface area (Å²) < 4.78 is 28.5. The fourth-order valence-corrected chi connectivity index (χ4v) is 3.65. The molecule has 0 atom stereocenters. The highest BCUT2D eigenvalue weighted by molar-refractivity contribution is 7.87. The molecule has 5 nitrogen and oxygen atoms in total. The lowest BCUT2D eigenvalue weighted by molar-refractivity contribution is 0.185. The Hall–Kier alpha value is -0.170. The molecule has 2 fully saturated rings. The van der Waals surface area contributed by atoms with Gasteiger partial charge in [-0.05, 0) is 25.7 Å². The van der Waals surface area contributed by atoms with Crippen molar-refractivity contribution in [2.24, 2.45) is 0 Å². The molecule has 0 aromatic carbocycles. The summed E-state index contributed by atoms with van der Waals surface area (Å²) in [6.07, 6.45) is 5.27. The third-order valence-electron chi connectivity index (χ3n) is 3.11. The summed E-state index contributed by atoms with van der Waals surface area (Å²) in [4.78, 5) is 0. The van der Waals surface area contributed by atoms with Gasteiger partial charge in [-0.2, -0.15) is 17.9 Å². The van der Waals surface area contributed by atoms with Crippen molar-refractivity contribution in [3.8, 4) is 0 Å². The second-order valence-electron chi connectivity index (χ2n) is 4.64. The minimum Gasteiger partial charge on any atom is -0.394 e. The molecule has 88 valence electrons. The molecule has 0 radical (unpaired) electrons. The van der Waals surface area contributed by atoms with Crippen molar-refractivity contribution in [1.29, 1.82) is 0 Å². The van der Waals surface area contributed by atoms with Gasteiger partial charge in [0.15, 0.2) is 0 Å². The molecule has 0 amide bonds. The third-order valence-corrected chi connectivity index (χ3v) is 4.46. The topological polar surface area (TPSA) is 78.4 Å². The fourth-order valence-electron chi connectivity index (χ4n) is 2.08. The van der Waals surface area contributed by atoms with Gasteiger partial charge in [0.2, 0.25) is 0 Å². The van der Waals surface area contributed by atoms with Gasteiger partial charge in [0.1, 0.15) is 0 Å². The predicted molar refractivity (Wildman–Crippen MR) is 56.5 cm³/mol. The van der Waals surface area contributed by atoms with Gasteiger partial charge in [-0.1, -0.05) is 12.8 Å². The number of rotatable bonds is 5. The highest BCUT2D eigenvalue weighted by atomic mass is 32.2. The maximum Gasteiger partial charge on any atom is 0.277 e. The van der Waals surface area contributed by atoms with Crippen LogP contribution in [0.5, 0.6) is 0 Å². The highest BCUT2D eigenvalue weighted by Gasteiger charge is 2.38. The molecule has 0 unspecified atom stereocenters. The zero-order valence-electron chi connectivity index (χ0n) is 8.70. The Kier molecular flexibility index (Phi) is 3.03. The second-order valence-corrected chi connectivity index (χ2v) is 6.09. The molecule has 2 saturated carbocycles. The van der Waals surface area contributed by atoms with Crippen LogP contribution >= 0.6 is 0 Å². The smallest absolute Gasteiger partial charge is 0.277 e. The number of aliphatic hydroxyl groups is 1. The first-order valence-electron chi connectivity index (χ1n) is 5.47. The summed E-state index contributed by atoms with van der Waals surface area (Å²) in [7, 11) is -3.43. The lowest BCUT2D eigenvalue weighted by atomic mass is 10.0. The van der Waals surface area contributed by atoms with Crippen molar-refractivity contribution in [2.75, 3.05) is 6.61 Å². The van der Waals surface area contributed by atoms with E-state index in [9.17, 15) is 13.5 Å². The van der Waals surface area contributed by atoms with E-state index in [0.717, 1.165) is 38.5 Å². The van der Waals surface area contributed by atoms with E-state index in [0.29, 0.717) is 0 Å². The van der Waals surface area contributed by atoms with Crippen LogP contribution in [0.4, 0.5) is 0 Å². The molecule has 0 saturated heterocycles. The standard InChI is InChI=1S/C9H18N2O3S/c12-7-9(5-1-2-6-9)11-15(13,14)10-8-3-4-8/h8,10-12H,1-7H2. The third kappa shape index (κ3) is 2.90. The number of aliphatic hydroxyl groups excluding tert-OH is 1. The van der Waals surface area contributed by atoms with E-state index in [-0.39, 0.29) is 12.6 Å². The first-order valence-corrected chi connectivity index (χ1v) is 6.96. The number of nitrogens with one attached hydrogen (secondary N) is 2.